The Morgan fingerprint density at radius 1 is 1.05 bits per heavy atom. The topological polar surface area (TPSA) is 78.4 Å². The van der Waals surface area contributed by atoms with Crippen LogP contribution in [0, 0.1) is 0 Å². The Kier molecular flexibility index (Phi) is 3.88. The molecule has 0 N–H and O–H groups in total. The molecule has 1 aromatic carbocycles. The van der Waals surface area contributed by atoms with E-state index in [9.17, 15) is 9.59 Å². The molecule has 0 aliphatic heterocycles. The first kappa shape index (κ1) is 14.9. The van der Waals surface area contributed by atoms with Gasteiger partial charge in [-0.05, 0) is 32.9 Å². The predicted octanol–water partition coefficient (Wildman–Crippen LogP) is 2.37. The van der Waals surface area contributed by atoms with Gasteiger partial charge in [0.25, 0.3) is 0 Å². The molecule has 0 saturated carbocycles. The molecule has 0 atom stereocenters. The summed E-state index contributed by atoms with van der Waals surface area (Å²) in [4.78, 5) is 32.2. The third-order valence-corrected chi connectivity index (χ3v) is 2.61. The second kappa shape index (κ2) is 5.47. The molecule has 1 aromatic heterocycles. The van der Waals surface area contributed by atoms with Gasteiger partial charge in [-0.2, -0.15) is 0 Å². The highest BCUT2D eigenvalue weighted by Gasteiger charge is 2.21. The molecule has 2 rings (SSSR count). The zero-order valence-corrected chi connectivity index (χ0v) is 12.3. The molecule has 6 nitrogen and oxygen atoms in total. The lowest BCUT2D eigenvalue weighted by atomic mass is 10.1. The van der Waals surface area contributed by atoms with Crippen LogP contribution in [0.4, 0.5) is 0 Å². The predicted molar refractivity (Wildman–Crippen MR) is 76.0 cm³/mol. The van der Waals surface area contributed by atoms with E-state index in [0.29, 0.717) is 11.0 Å². The van der Waals surface area contributed by atoms with Gasteiger partial charge in [0.05, 0.1) is 23.8 Å². The molecule has 0 unspecified atom stereocenters. The Balaban J connectivity index is 2.56. The van der Waals surface area contributed by atoms with Crippen molar-refractivity contribution in [1.29, 1.82) is 0 Å². The summed E-state index contributed by atoms with van der Waals surface area (Å²) in [6.45, 7) is 5.31. The molecule has 0 spiro atoms. The van der Waals surface area contributed by atoms with Gasteiger partial charge in [-0.15, -0.1) is 0 Å². The number of fused-ring (bicyclic) bond motifs is 1. The van der Waals surface area contributed by atoms with Crippen molar-refractivity contribution in [3.05, 3.63) is 35.7 Å². The van der Waals surface area contributed by atoms with Crippen LogP contribution in [0.3, 0.4) is 0 Å². The van der Waals surface area contributed by atoms with Crippen molar-refractivity contribution in [3.8, 4) is 0 Å². The van der Waals surface area contributed by atoms with Crippen molar-refractivity contribution in [2.75, 3.05) is 7.11 Å². The Morgan fingerprint density at radius 2 is 1.71 bits per heavy atom. The quantitative estimate of drug-likeness (QED) is 0.789. The van der Waals surface area contributed by atoms with Crippen molar-refractivity contribution in [2.45, 2.75) is 26.4 Å². The number of aromatic nitrogens is 2. The lowest BCUT2D eigenvalue weighted by Gasteiger charge is -2.19. The molecule has 110 valence electrons. The van der Waals surface area contributed by atoms with Gasteiger partial charge < -0.3 is 9.47 Å². The smallest absolute Gasteiger partial charge is 0.340 e. The highest BCUT2D eigenvalue weighted by molar-refractivity contribution is 6.05. The highest BCUT2D eigenvalue weighted by atomic mass is 16.6. The maximum absolute atomic E-state index is 12.1. The van der Waals surface area contributed by atoms with E-state index in [0.717, 1.165) is 0 Å². The van der Waals surface area contributed by atoms with Gasteiger partial charge in [0.2, 0.25) is 0 Å². The van der Waals surface area contributed by atoms with Crippen molar-refractivity contribution < 1.29 is 19.1 Å². The van der Waals surface area contributed by atoms with Crippen molar-refractivity contribution in [3.63, 3.8) is 0 Å². The summed E-state index contributed by atoms with van der Waals surface area (Å²) in [6, 6.07) is 2.96. The third kappa shape index (κ3) is 3.34. The zero-order valence-electron chi connectivity index (χ0n) is 12.3. The number of rotatable bonds is 2. The van der Waals surface area contributed by atoms with Crippen molar-refractivity contribution in [1.82, 2.24) is 9.97 Å². The van der Waals surface area contributed by atoms with E-state index >= 15 is 0 Å². The number of esters is 2. The van der Waals surface area contributed by atoms with Crippen LogP contribution < -0.4 is 0 Å². The lowest BCUT2D eigenvalue weighted by molar-refractivity contribution is 0.00696. The van der Waals surface area contributed by atoms with Gasteiger partial charge in [0.15, 0.2) is 0 Å². The summed E-state index contributed by atoms with van der Waals surface area (Å²) >= 11 is 0. The minimum atomic E-state index is -0.625. The minimum Gasteiger partial charge on any atom is -0.465 e. The van der Waals surface area contributed by atoms with Gasteiger partial charge in [-0.1, -0.05) is 0 Å². The summed E-state index contributed by atoms with van der Waals surface area (Å²) < 4.78 is 10.0. The fourth-order valence-electron chi connectivity index (χ4n) is 1.80. The van der Waals surface area contributed by atoms with E-state index in [1.807, 2.05) is 0 Å². The zero-order chi connectivity index (χ0) is 15.6. The summed E-state index contributed by atoms with van der Waals surface area (Å²) in [7, 11) is 1.27. The molecular formula is C15H16N2O4. The number of nitrogens with zero attached hydrogens (tertiary/aromatic N) is 2. The van der Waals surface area contributed by atoms with Gasteiger partial charge in [-0.3, -0.25) is 9.97 Å². The van der Waals surface area contributed by atoms with Crippen LogP contribution in [0.1, 0.15) is 41.5 Å². The van der Waals surface area contributed by atoms with E-state index in [1.165, 1.54) is 25.6 Å². The largest absolute Gasteiger partial charge is 0.465 e. The number of methoxy groups -OCH3 is 1. The summed E-state index contributed by atoms with van der Waals surface area (Å²) in [5.41, 5.74) is 0.611. The molecule has 21 heavy (non-hydrogen) atoms. The SMILES string of the molecule is COC(=O)c1cc(C(=O)OC(C)(C)C)cc2nccnc12. The van der Waals surface area contributed by atoms with Crippen LogP contribution in [-0.2, 0) is 9.47 Å². The number of carbonyl (C=O) groups is 2. The van der Waals surface area contributed by atoms with Gasteiger partial charge in [-0.25, -0.2) is 9.59 Å². The fraction of sp³-hybridized carbons (Fsp3) is 0.333. The summed E-state index contributed by atoms with van der Waals surface area (Å²) in [6.07, 6.45) is 2.96. The van der Waals surface area contributed by atoms with Crippen LogP contribution in [0.5, 0.6) is 0 Å². The maximum Gasteiger partial charge on any atom is 0.340 e. The Hall–Kier alpha value is -2.50. The number of ether oxygens (including phenoxy) is 2. The number of benzene rings is 1. The third-order valence-electron chi connectivity index (χ3n) is 2.61. The summed E-state index contributed by atoms with van der Waals surface area (Å²) in [5.74, 6) is -1.11. The Morgan fingerprint density at radius 3 is 2.33 bits per heavy atom. The first-order valence-corrected chi connectivity index (χ1v) is 6.38. The maximum atomic E-state index is 12.1. The second-order valence-corrected chi connectivity index (χ2v) is 5.44. The number of carbonyl (C=O) groups excluding carboxylic acids is 2. The summed E-state index contributed by atoms with van der Waals surface area (Å²) in [5, 5.41) is 0. The Labute approximate surface area is 122 Å². The molecule has 0 radical (unpaired) electrons. The first-order valence-electron chi connectivity index (χ1n) is 6.38. The number of hydrogen-bond donors (Lipinski definition) is 0. The molecular weight excluding hydrogens is 272 g/mol. The van der Waals surface area contributed by atoms with Crippen molar-refractivity contribution >= 4 is 23.0 Å². The first-order chi connectivity index (χ1) is 9.81. The average molecular weight is 288 g/mol. The Bertz CT molecular complexity index is 704. The van der Waals surface area contributed by atoms with Crippen LogP contribution in [0.2, 0.25) is 0 Å². The molecule has 0 bridgehead atoms. The van der Waals surface area contributed by atoms with Crippen LogP contribution in [0.15, 0.2) is 24.5 Å². The van der Waals surface area contributed by atoms with E-state index < -0.39 is 17.5 Å². The van der Waals surface area contributed by atoms with Gasteiger partial charge in [0, 0.05) is 12.4 Å². The number of hydrogen-bond acceptors (Lipinski definition) is 6. The monoisotopic (exact) mass is 288 g/mol. The average Bonchev–Trinajstić information content (AvgIpc) is 2.43. The minimum absolute atomic E-state index is 0.184. The standard InChI is InChI=1S/C15H16N2O4/c1-15(2,3)21-13(18)9-7-10(14(19)20-4)12-11(8-9)16-5-6-17-12/h5-8H,1-4H3. The second-order valence-electron chi connectivity index (χ2n) is 5.44. The van der Waals surface area contributed by atoms with E-state index in [2.05, 4.69) is 9.97 Å². The molecule has 0 aliphatic rings. The van der Waals surface area contributed by atoms with Gasteiger partial charge >= 0.3 is 11.9 Å². The van der Waals surface area contributed by atoms with Crippen LogP contribution in [0.25, 0.3) is 11.0 Å². The molecule has 0 fully saturated rings. The molecule has 0 aliphatic carbocycles. The van der Waals surface area contributed by atoms with E-state index in [-0.39, 0.29) is 11.1 Å². The van der Waals surface area contributed by atoms with E-state index in [4.69, 9.17) is 9.47 Å². The van der Waals surface area contributed by atoms with Gasteiger partial charge in [0.1, 0.15) is 11.1 Å². The van der Waals surface area contributed by atoms with Crippen LogP contribution >= 0.6 is 0 Å². The van der Waals surface area contributed by atoms with Crippen LogP contribution in [-0.4, -0.2) is 34.6 Å². The molecule has 6 heteroatoms. The van der Waals surface area contributed by atoms with Crippen molar-refractivity contribution in [2.24, 2.45) is 0 Å². The molecule has 0 saturated heterocycles. The lowest BCUT2D eigenvalue weighted by Crippen LogP contribution is -2.24. The van der Waals surface area contributed by atoms with E-state index in [1.54, 1.807) is 26.8 Å². The fourth-order valence-corrected chi connectivity index (χ4v) is 1.80. The molecule has 1 heterocycles. The highest BCUT2D eigenvalue weighted by Crippen LogP contribution is 2.20. The normalized spacial score (nSPS) is 11.2. The molecule has 2 aromatic rings. The molecule has 0 amide bonds.